The van der Waals surface area contributed by atoms with Gasteiger partial charge in [-0.2, -0.15) is 0 Å². The largest absolute Gasteiger partial charge is 0.444 e. The van der Waals surface area contributed by atoms with Gasteiger partial charge in [-0.05, 0) is 52.7 Å². The normalized spacial score (nSPS) is 31.2. The molecule has 0 bridgehead atoms. The molecule has 11 heteroatoms. The number of rotatable bonds is 2. The van der Waals surface area contributed by atoms with Crippen molar-refractivity contribution in [1.82, 2.24) is 10.3 Å². The quantitative estimate of drug-likeness (QED) is 0.728. The standard InChI is InChI=1S/C19H27F2N5O3S/c1-17(2,3)29-16(27)25-15-18(4)8-5-9-23-30(18,28)11-19(10-20,26-15)14-12(21)6-7-13(22)24-14/h6-7H,5,8-11H2,1-4H3,(H2,22,24)(H,25,26,27)/t18-,19-,30?/m0/s1. The maximum atomic E-state index is 14.7. The molecule has 166 valence electrons. The van der Waals surface area contributed by atoms with Gasteiger partial charge in [-0.25, -0.2) is 27.1 Å². The zero-order valence-electron chi connectivity index (χ0n) is 17.5. The topological polar surface area (TPSA) is 119 Å². The van der Waals surface area contributed by atoms with E-state index in [0.29, 0.717) is 19.4 Å². The summed E-state index contributed by atoms with van der Waals surface area (Å²) in [6.45, 7) is 5.86. The summed E-state index contributed by atoms with van der Waals surface area (Å²) in [5.74, 6) is -1.26. The van der Waals surface area contributed by atoms with Crippen LogP contribution in [-0.2, 0) is 20.0 Å². The molecule has 0 saturated carbocycles. The molecular weight excluding hydrogens is 416 g/mol. The summed E-state index contributed by atoms with van der Waals surface area (Å²) in [7, 11) is -3.13. The van der Waals surface area contributed by atoms with E-state index in [1.165, 1.54) is 6.07 Å². The van der Waals surface area contributed by atoms with Crippen molar-refractivity contribution in [3.05, 3.63) is 23.6 Å². The van der Waals surface area contributed by atoms with Crippen LogP contribution in [0.25, 0.3) is 0 Å². The maximum Gasteiger partial charge on any atom is 0.413 e. The first kappa shape index (κ1) is 22.4. The number of fused-ring (bicyclic) bond motifs is 1. The minimum atomic E-state index is -3.13. The Balaban J connectivity index is 2.20. The summed E-state index contributed by atoms with van der Waals surface area (Å²) in [5, 5.41) is 2.53. The minimum Gasteiger partial charge on any atom is -0.444 e. The van der Waals surface area contributed by atoms with Crippen LogP contribution in [0.4, 0.5) is 19.4 Å². The highest BCUT2D eigenvalue weighted by molar-refractivity contribution is 7.95. The molecule has 0 aromatic carbocycles. The summed E-state index contributed by atoms with van der Waals surface area (Å²) in [6.07, 6.45) is 0.209. The maximum absolute atomic E-state index is 14.7. The molecule has 0 aliphatic carbocycles. The Morgan fingerprint density at radius 1 is 1.40 bits per heavy atom. The van der Waals surface area contributed by atoms with Gasteiger partial charge in [0.15, 0.2) is 0 Å². The van der Waals surface area contributed by atoms with Crippen molar-refractivity contribution < 1.29 is 22.5 Å². The van der Waals surface area contributed by atoms with Crippen LogP contribution in [0.2, 0.25) is 0 Å². The first-order valence-electron chi connectivity index (χ1n) is 9.63. The van der Waals surface area contributed by atoms with Crippen LogP contribution in [0, 0.1) is 5.82 Å². The molecule has 0 spiro atoms. The molecule has 0 radical (unpaired) electrons. The van der Waals surface area contributed by atoms with Crippen LogP contribution in [0.5, 0.6) is 0 Å². The molecule has 2 aliphatic heterocycles. The number of amidine groups is 1. The van der Waals surface area contributed by atoms with Gasteiger partial charge in [0, 0.05) is 6.54 Å². The third-order valence-electron chi connectivity index (χ3n) is 5.23. The van der Waals surface area contributed by atoms with Gasteiger partial charge < -0.3 is 10.5 Å². The number of anilines is 1. The molecule has 1 amide bonds. The number of alkyl halides is 1. The zero-order valence-corrected chi connectivity index (χ0v) is 18.3. The van der Waals surface area contributed by atoms with E-state index in [2.05, 4.69) is 19.7 Å². The number of amides is 1. The Kier molecular flexibility index (Phi) is 5.55. The van der Waals surface area contributed by atoms with E-state index in [0.717, 1.165) is 6.07 Å². The Morgan fingerprint density at radius 3 is 2.73 bits per heavy atom. The van der Waals surface area contributed by atoms with Crippen LogP contribution in [-0.4, -0.2) is 50.4 Å². The second kappa shape index (κ2) is 7.44. The number of alkyl carbamates (subject to hydrolysis) is 1. The van der Waals surface area contributed by atoms with Crippen LogP contribution in [0.15, 0.2) is 21.5 Å². The lowest BCUT2D eigenvalue weighted by atomic mass is 9.95. The molecule has 3 N–H and O–H groups in total. The van der Waals surface area contributed by atoms with E-state index in [4.69, 9.17) is 10.5 Å². The number of carbonyl (C=O) groups excluding carboxylic acids is 1. The van der Waals surface area contributed by atoms with Crippen molar-refractivity contribution in [2.45, 2.75) is 56.4 Å². The highest BCUT2D eigenvalue weighted by Gasteiger charge is 2.55. The number of nitrogens with one attached hydrogen (secondary N) is 1. The average molecular weight is 444 g/mol. The second-order valence-electron chi connectivity index (χ2n) is 8.79. The number of aliphatic imine (C=N–C) groups is 1. The van der Waals surface area contributed by atoms with Crippen molar-refractivity contribution in [3.63, 3.8) is 0 Å². The molecule has 1 unspecified atom stereocenters. The van der Waals surface area contributed by atoms with Crippen molar-refractivity contribution in [1.29, 1.82) is 0 Å². The Bertz CT molecular complexity index is 1020. The van der Waals surface area contributed by atoms with E-state index in [-0.39, 0.29) is 23.1 Å². The molecule has 1 aromatic rings. The van der Waals surface area contributed by atoms with Crippen molar-refractivity contribution in [2.75, 3.05) is 24.7 Å². The highest BCUT2D eigenvalue weighted by Crippen LogP contribution is 2.43. The number of nitrogen functional groups attached to an aromatic ring is 1. The fourth-order valence-electron chi connectivity index (χ4n) is 3.69. The van der Waals surface area contributed by atoms with Crippen LogP contribution >= 0.6 is 0 Å². The molecule has 8 nitrogen and oxygen atoms in total. The monoisotopic (exact) mass is 443 g/mol. The van der Waals surface area contributed by atoms with Crippen molar-refractivity contribution in [2.24, 2.45) is 9.36 Å². The van der Waals surface area contributed by atoms with Crippen LogP contribution < -0.4 is 11.1 Å². The summed E-state index contributed by atoms with van der Waals surface area (Å²) < 4.78 is 51.6. The second-order valence-corrected chi connectivity index (χ2v) is 11.5. The fraction of sp³-hybridized carbons (Fsp3) is 0.632. The highest BCUT2D eigenvalue weighted by atomic mass is 32.2. The van der Waals surface area contributed by atoms with Gasteiger partial charge in [0.2, 0.25) is 0 Å². The molecule has 3 heterocycles. The molecule has 1 aromatic heterocycles. The number of aromatic nitrogens is 1. The lowest BCUT2D eigenvalue weighted by Gasteiger charge is -2.45. The predicted molar refractivity (Wildman–Crippen MR) is 111 cm³/mol. The van der Waals surface area contributed by atoms with E-state index in [9.17, 15) is 17.8 Å². The van der Waals surface area contributed by atoms with E-state index >= 15 is 0 Å². The first-order valence-corrected chi connectivity index (χ1v) is 11.3. The fourth-order valence-corrected chi connectivity index (χ4v) is 6.60. The van der Waals surface area contributed by atoms with Gasteiger partial charge in [0.05, 0.1) is 15.5 Å². The number of carbonyl (C=O) groups is 1. The molecule has 2 aliphatic rings. The van der Waals surface area contributed by atoms with Crippen molar-refractivity contribution >= 4 is 27.5 Å². The van der Waals surface area contributed by atoms with Crippen molar-refractivity contribution in [3.8, 4) is 0 Å². The number of pyridine rings is 1. The van der Waals surface area contributed by atoms with Crippen LogP contribution in [0.3, 0.4) is 0 Å². The summed E-state index contributed by atoms with van der Waals surface area (Å²) in [5.41, 5.74) is 2.60. The number of halogens is 2. The van der Waals surface area contributed by atoms with Gasteiger partial charge in [-0.3, -0.25) is 10.3 Å². The van der Waals surface area contributed by atoms with Gasteiger partial charge >= 0.3 is 6.09 Å². The molecule has 3 atom stereocenters. The Morgan fingerprint density at radius 2 is 2.10 bits per heavy atom. The lowest BCUT2D eigenvalue weighted by molar-refractivity contribution is 0.0560. The number of ether oxygens (including phenoxy) is 1. The Hall–Kier alpha value is -2.30. The predicted octanol–water partition coefficient (Wildman–Crippen LogP) is 2.93. The number of hydrogen-bond acceptors (Lipinski definition) is 7. The van der Waals surface area contributed by atoms with E-state index < -0.39 is 44.2 Å². The molecule has 30 heavy (non-hydrogen) atoms. The van der Waals surface area contributed by atoms with Gasteiger partial charge in [-0.1, -0.05) is 0 Å². The molecular formula is C19H27F2N5O3S. The van der Waals surface area contributed by atoms with Gasteiger partial charge in [0.25, 0.3) is 0 Å². The zero-order chi connectivity index (χ0) is 22.4. The van der Waals surface area contributed by atoms with Gasteiger partial charge in [0.1, 0.15) is 45.7 Å². The average Bonchev–Trinajstić information content (AvgIpc) is 2.63. The number of nitrogens with two attached hydrogens (primary N) is 1. The Labute approximate surface area is 174 Å². The minimum absolute atomic E-state index is 0.0278. The smallest absolute Gasteiger partial charge is 0.413 e. The van der Waals surface area contributed by atoms with Crippen LogP contribution in [0.1, 0.15) is 46.2 Å². The van der Waals surface area contributed by atoms with E-state index in [1.807, 2.05) is 0 Å². The molecule has 0 fully saturated rings. The molecule has 3 rings (SSSR count). The van der Waals surface area contributed by atoms with E-state index in [1.54, 1.807) is 27.7 Å². The SMILES string of the molecule is CC(C)(C)OC(=O)NC1=N[C@](CF)(c2nc(N)ccc2F)CS2(=O)=NCCC[C@@]12C. The summed E-state index contributed by atoms with van der Waals surface area (Å²) in [6, 6.07) is 2.30. The first-order chi connectivity index (χ1) is 13.8. The third-order valence-corrected chi connectivity index (χ3v) is 8.50. The third kappa shape index (κ3) is 3.86. The molecule has 0 saturated heterocycles. The summed E-state index contributed by atoms with van der Waals surface area (Å²) >= 11 is 0. The number of nitrogens with zero attached hydrogens (tertiary/aromatic N) is 3. The summed E-state index contributed by atoms with van der Waals surface area (Å²) in [4.78, 5) is 20.8. The lowest BCUT2D eigenvalue weighted by Crippen LogP contribution is -2.61. The van der Waals surface area contributed by atoms with Gasteiger partial charge in [-0.15, -0.1) is 0 Å². The number of hydrogen-bond donors (Lipinski definition) is 2.